The van der Waals surface area contributed by atoms with E-state index in [0.29, 0.717) is 18.6 Å². The van der Waals surface area contributed by atoms with Crippen LogP contribution in [-0.4, -0.2) is 41.7 Å². The molecule has 0 aromatic heterocycles. The fourth-order valence-electron chi connectivity index (χ4n) is 3.63. The largest absolute Gasteiger partial charge is 0.387 e. The van der Waals surface area contributed by atoms with Crippen molar-refractivity contribution in [3.8, 4) is 0 Å². The molecule has 2 heterocycles. The number of fused-ring (bicyclic) bond motifs is 1. The van der Waals surface area contributed by atoms with E-state index in [9.17, 15) is 13.9 Å². The van der Waals surface area contributed by atoms with Crippen LogP contribution < -0.4 is 5.32 Å². The second-order valence-corrected chi connectivity index (χ2v) is 6.08. The number of nitrogens with one attached hydrogen (secondary N) is 1. The number of rotatable bonds is 4. The van der Waals surface area contributed by atoms with Crippen molar-refractivity contribution in [1.82, 2.24) is 10.2 Å². The van der Waals surface area contributed by atoms with Gasteiger partial charge in [-0.1, -0.05) is 12.5 Å². The molecule has 2 fully saturated rings. The third-order valence-electron chi connectivity index (χ3n) is 4.75. The maximum atomic E-state index is 13.6. The van der Waals surface area contributed by atoms with Crippen molar-refractivity contribution in [3.63, 3.8) is 0 Å². The van der Waals surface area contributed by atoms with Gasteiger partial charge in [0.2, 0.25) is 0 Å². The molecule has 2 aliphatic rings. The van der Waals surface area contributed by atoms with Gasteiger partial charge in [0.1, 0.15) is 11.6 Å². The van der Waals surface area contributed by atoms with Crippen LogP contribution >= 0.6 is 0 Å². The average Bonchev–Trinajstić information content (AvgIpc) is 2.88. The molecule has 3 nitrogen and oxygen atoms in total. The molecular formula is C16H22F2N2O. The summed E-state index contributed by atoms with van der Waals surface area (Å²) in [6, 6.07) is 4.22. The van der Waals surface area contributed by atoms with Crippen LogP contribution in [0.25, 0.3) is 0 Å². The van der Waals surface area contributed by atoms with Crippen molar-refractivity contribution in [3.05, 3.63) is 35.4 Å². The molecule has 1 aromatic carbocycles. The van der Waals surface area contributed by atoms with Crippen molar-refractivity contribution in [1.29, 1.82) is 0 Å². The lowest BCUT2D eigenvalue weighted by molar-refractivity contribution is 0.148. The average molecular weight is 296 g/mol. The van der Waals surface area contributed by atoms with E-state index in [-0.39, 0.29) is 5.56 Å². The van der Waals surface area contributed by atoms with E-state index < -0.39 is 17.7 Å². The van der Waals surface area contributed by atoms with Gasteiger partial charge in [-0.25, -0.2) is 8.78 Å². The fraction of sp³-hybridized carbons (Fsp3) is 0.625. The second kappa shape index (κ2) is 6.38. The number of aliphatic hydroxyl groups is 1. The Balaban J connectivity index is 1.57. The number of nitrogens with zero attached hydrogens (tertiary/aromatic N) is 1. The highest BCUT2D eigenvalue weighted by Gasteiger charge is 2.35. The van der Waals surface area contributed by atoms with E-state index >= 15 is 0 Å². The first-order valence-corrected chi connectivity index (χ1v) is 7.75. The summed E-state index contributed by atoms with van der Waals surface area (Å²) in [4.78, 5) is 2.51. The first-order valence-electron chi connectivity index (χ1n) is 7.75. The summed E-state index contributed by atoms with van der Waals surface area (Å²) in [5, 5.41) is 13.5. The van der Waals surface area contributed by atoms with Crippen molar-refractivity contribution in [2.75, 3.05) is 19.6 Å². The predicted octanol–water partition coefficient (Wildman–Crippen LogP) is 2.21. The monoisotopic (exact) mass is 296 g/mol. The number of hydrogen-bond donors (Lipinski definition) is 2. The summed E-state index contributed by atoms with van der Waals surface area (Å²) in [7, 11) is 0. The topological polar surface area (TPSA) is 35.5 Å². The van der Waals surface area contributed by atoms with Crippen LogP contribution in [0, 0.1) is 11.6 Å². The Bertz CT molecular complexity index is 497. The van der Waals surface area contributed by atoms with Crippen LogP contribution in [0.15, 0.2) is 18.2 Å². The van der Waals surface area contributed by atoms with Crippen LogP contribution in [0.2, 0.25) is 0 Å². The van der Waals surface area contributed by atoms with Gasteiger partial charge in [0.05, 0.1) is 6.10 Å². The van der Waals surface area contributed by atoms with Gasteiger partial charge in [-0.2, -0.15) is 0 Å². The SMILES string of the molecule is OC(CNC1CCN2CCCCC12)c1ccc(F)cc1F. The summed E-state index contributed by atoms with van der Waals surface area (Å²) in [6.45, 7) is 2.57. The summed E-state index contributed by atoms with van der Waals surface area (Å²) in [6.07, 6.45) is 3.85. The van der Waals surface area contributed by atoms with Crippen molar-refractivity contribution >= 4 is 0 Å². The van der Waals surface area contributed by atoms with Crippen LogP contribution in [0.1, 0.15) is 37.4 Å². The fourth-order valence-corrected chi connectivity index (χ4v) is 3.63. The van der Waals surface area contributed by atoms with Gasteiger partial charge in [0.15, 0.2) is 0 Å². The van der Waals surface area contributed by atoms with E-state index in [1.165, 1.54) is 31.4 Å². The summed E-state index contributed by atoms with van der Waals surface area (Å²) < 4.78 is 26.5. The van der Waals surface area contributed by atoms with E-state index in [4.69, 9.17) is 0 Å². The molecule has 2 N–H and O–H groups in total. The van der Waals surface area contributed by atoms with Crippen LogP contribution in [0.3, 0.4) is 0 Å². The minimum atomic E-state index is -0.941. The third-order valence-corrected chi connectivity index (χ3v) is 4.75. The number of halogens is 2. The zero-order valence-electron chi connectivity index (χ0n) is 12.1. The van der Waals surface area contributed by atoms with Gasteiger partial charge in [-0.3, -0.25) is 4.90 Å². The molecular weight excluding hydrogens is 274 g/mol. The number of hydrogen-bond acceptors (Lipinski definition) is 3. The minimum absolute atomic E-state index is 0.155. The molecule has 0 radical (unpaired) electrons. The summed E-state index contributed by atoms with van der Waals surface area (Å²) in [5.41, 5.74) is 0.155. The summed E-state index contributed by atoms with van der Waals surface area (Å²) >= 11 is 0. The predicted molar refractivity (Wildman–Crippen MR) is 76.9 cm³/mol. The molecule has 0 bridgehead atoms. The van der Waals surface area contributed by atoms with Crippen molar-refractivity contribution in [2.45, 2.75) is 43.9 Å². The quantitative estimate of drug-likeness (QED) is 0.894. The Morgan fingerprint density at radius 1 is 1.24 bits per heavy atom. The highest BCUT2D eigenvalue weighted by molar-refractivity contribution is 5.21. The highest BCUT2D eigenvalue weighted by atomic mass is 19.1. The van der Waals surface area contributed by atoms with E-state index in [1.807, 2.05) is 0 Å². The Labute approximate surface area is 124 Å². The Kier molecular flexibility index (Phi) is 4.52. The van der Waals surface area contributed by atoms with Crippen LogP contribution in [-0.2, 0) is 0 Å². The molecule has 3 rings (SSSR count). The Morgan fingerprint density at radius 3 is 2.90 bits per heavy atom. The molecule has 116 valence electrons. The lowest BCUT2D eigenvalue weighted by Crippen LogP contribution is -2.45. The van der Waals surface area contributed by atoms with Crippen molar-refractivity contribution < 1.29 is 13.9 Å². The van der Waals surface area contributed by atoms with Gasteiger partial charge in [0.25, 0.3) is 0 Å². The second-order valence-electron chi connectivity index (χ2n) is 6.08. The lowest BCUT2D eigenvalue weighted by atomic mass is 9.98. The molecule has 0 aliphatic carbocycles. The Hall–Kier alpha value is -1.04. The molecule has 2 aliphatic heterocycles. The zero-order valence-corrected chi connectivity index (χ0v) is 12.1. The molecule has 21 heavy (non-hydrogen) atoms. The maximum absolute atomic E-state index is 13.6. The molecule has 3 unspecified atom stereocenters. The first-order chi connectivity index (χ1) is 10.1. The molecule has 0 saturated carbocycles. The lowest BCUT2D eigenvalue weighted by Gasteiger charge is -2.33. The van der Waals surface area contributed by atoms with Gasteiger partial charge in [0, 0.05) is 36.8 Å². The minimum Gasteiger partial charge on any atom is -0.387 e. The molecule has 0 spiro atoms. The molecule has 2 saturated heterocycles. The maximum Gasteiger partial charge on any atom is 0.131 e. The molecule has 3 atom stereocenters. The van der Waals surface area contributed by atoms with Gasteiger partial charge in [-0.05, 0) is 31.9 Å². The van der Waals surface area contributed by atoms with E-state index in [2.05, 4.69) is 10.2 Å². The van der Waals surface area contributed by atoms with Crippen molar-refractivity contribution in [2.24, 2.45) is 0 Å². The smallest absolute Gasteiger partial charge is 0.131 e. The summed E-state index contributed by atoms with van der Waals surface area (Å²) in [5.74, 6) is -1.31. The first kappa shape index (κ1) is 14.9. The van der Waals surface area contributed by atoms with Gasteiger partial charge < -0.3 is 10.4 Å². The number of aliphatic hydroxyl groups excluding tert-OH is 1. The van der Waals surface area contributed by atoms with E-state index in [1.54, 1.807) is 0 Å². The molecule has 1 aromatic rings. The standard InChI is InChI=1S/C16H22F2N2O/c17-11-4-5-12(13(18)9-11)16(21)10-19-14-6-8-20-7-2-1-3-15(14)20/h4-5,9,14-16,19,21H,1-3,6-8,10H2. The number of piperidine rings is 1. The zero-order chi connectivity index (χ0) is 14.8. The normalized spacial score (nSPS) is 27.6. The van der Waals surface area contributed by atoms with Gasteiger partial charge in [-0.15, -0.1) is 0 Å². The Morgan fingerprint density at radius 2 is 2.10 bits per heavy atom. The van der Waals surface area contributed by atoms with Crippen LogP contribution in [0.4, 0.5) is 8.78 Å². The molecule has 0 amide bonds. The van der Waals surface area contributed by atoms with Crippen LogP contribution in [0.5, 0.6) is 0 Å². The molecule has 5 heteroatoms. The highest BCUT2D eigenvalue weighted by Crippen LogP contribution is 2.27. The van der Waals surface area contributed by atoms with E-state index in [0.717, 1.165) is 25.6 Å². The third kappa shape index (κ3) is 3.25. The van der Waals surface area contributed by atoms with Gasteiger partial charge >= 0.3 is 0 Å². The number of benzene rings is 1.